The molecule has 0 radical (unpaired) electrons. The minimum absolute atomic E-state index is 0. The average Bonchev–Trinajstić information content (AvgIpc) is 2.67. The standard InChI is InChI=1S/C21H21N3O3.ClH/c1-24(2)13-14-27-21(26)17-9-5-6-10-18(17)22-23-20-16-8-4-3-7-15(16)11-12-19(20)25;/h3-12,25H,13-14H2,1-2H3;1H. The molecule has 0 atom stereocenters. The quantitative estimate of drug-likeness (QED) is 0.462. The number of hydrogen-bond donors (Lipinski definition) is 1. The van der Waals surface area contributed by atoms with Crippen LogP contribution in [-0.4, -0.2) is 43.2 Å². The van der Waals surface area contributed by atoms with E-state index in [1.54, 1.807) is 30.3 Å². The largest absolute Gasteiger partial charge is 0.506 e. The molecule has 0 aliphatic rings. The number of carbonyl (C=O) groups excluding carboxylic acids is 1. The molecule has 0 unspecified atom stereocenters. The Balaban J connectivity index is 0.00000280. The van der Waals surface area contributed by atoms with E-state index >= 15 is 0 Å². The molecule has 0 spiro atoms. The van der Waals surface area contributed by atoms with Crippen molar-refractivity contribution in [1.82, 2.24) is 4.90 Å². The Bertz CT molecular complexity index is 990. The van der Waals surface area contributed by atoms with Gasteiger partial charge in [0.15, 0.2) is 0 Å². The Morgan fingerprint density at radius 3 is 2.50 bits per heavy atom. The average molecular weight is 400 g/mol. The number of carbonyl (C=O) groups is 1. The molecule has 3 rings (SSSR count). The van der Waals surface area contributed by atoms with Crippen molar-refractivity contribution in [3.8, 4) is 5.75 Å². The monoisotopic (exact) mass is 399 g/mol. The zero-order chi connectivity index (χ0) is 19.2. The first-order chi connectivity index (χ1) is 13.1. The number of aromatic hydroxyl groups is 1. The molecular formula is C21H22ClN3O3. The van der Waals surface area contributed by atoms with Crippen molar-refractivity contribution >= 4 is 40.5 Å². The van der Waals surface area contributed by atoms with E-state index < -0.39 is 5.97 Å². The second-order valence-corrected chi connectivity index (χ2v) is 6.31. The molecule has 0 saturated carbocycles. The molecule has 0 heterocycles. The van der Waals surface area contributed by atoms with Gasteiger partial charge in [0.25, 0.3) is 0 Å². The SMILES string of the molecule is CN(C)CCOC(=O)c1ccccc1N=Nc1c(O)ccc2ccccc12.Cl. The van der Waals surface area contributed by atoms with Gasteiger partial charge in [0.2, 0.25) is 0 Å². The number of esters is 1. The van der Waals surface area contributed by atoms with Crippen LogP contribution in [-0.2, 0) is 4.74 Å². The van der Waals surface area contributed by atoms with Gasteiger partial charge in [0.05, 0.1) is 5.56 Å². The van der Waals surface area contributed by atoms with Gasteiger partial charge in [-0.1, -0.05) is 42.5 Å². The normalized spacial score (nSPS) is 11.0. The van der Waals surface area contributed by atoms with Crippen molar-refractivity contribution in [3.63, 3.8) is 0 Å². The Kier molecular flexibility index (Phi) is 7.49. The van der Waals surface area contributed by atoms with Crippen LogP contribution in [0, 0.1) is 0 Å². The molecule has 7 heteroatoms. The summed E-state index contributed by atoms with van der Waals surface area (Å²) in [6.07, 6.45) is 0. The maximum atomic E-state index is 12.3. The summed E-state index contributed by atoms with van der Waals surface area (Å²) in [6.45, 7) is 0.931. The summed E-state index contributed by atoms with van der Waals surface area (Å²) in [7, 11) is 3.82. The topological polar surface area (TPSA) is 74.5 Å². The van der Waals surface area contributed by atoms with Gasteiger partial charge in [-0.05, 0) is 37.7 Å². The fourth-order valence-electron chi connectivity index (χ4n) is 2.58. The first-order valence-corrected chi connectivity index (χ1v) is 8.59. The number of hydrogen-bond acceptors (Lipinski definition) is 6. The van der Waals surface area contributed by atoms with Crippen LogP contribution in [0.15, 0.2) is 70.9 Å². The van der Waals surface area contributed by atoms with E-state index in [0.29, 0.717) is 30.1 Å². The molecule has 3 aromatic rings. The van der Waals surface area contributed by atoms with E-state index in [9.17, 15) is 9.90 Å². The Morgan fingerprint density at radius 1 is 1.00 bits per heavy atom. The lowest BCUT2D eigenvalue weighted by Gasteiger charge is -2.10. The van der Waals surface area contributed by atoms with Crippen LogP contribution in [0.3, 0.4) is 0 Å². The number of azo groups is 1. The molecule has 0 aliphatic carbocycles. The Hall–Kier alpha value is -2.96. The number of ether oxygens (including phenoxy) is 1. The number of benzene rings is 3. The van der Waals surface area contributed by atoms with Crippen LogP contribution in [0.5, 0.6) is 5.75 Å². The minimum atomic E-state index is -0.450. The molecule has 0 aliphatic heterocycles. The highest BCUT2D eigenvalue weighted by Crippen LogP contribution is 2.36. The molecule has 3 aromatic carbocycles. The molecule has 0 bridgehead atoms. The van der Waals surface area contributed by atoms with Crippen molar-refractivity contribution in [2.24, 2.45) is 10.2 Å². The minimum Gasteiger partial charge on any atom is -0.506 e. The number of likely N-dealkylation sites (N-methyl/N-ethyl adjacent to an activating group) is 1. The molecule has 6 nitrogen and oxygen atoms in total. The molecule has 0 aromatic heterocycles. The second-order valence-electron chi connectivity index (χ2n) is 6.31. The summed E-state index contributed by atoms with van der Waals surface area (Å²) in [6, 6.07) is 17.8. The van der Waals surface area contributed by atoms with Crippen LogP contribution in [0.4, 0.5) is 11.4 Å². The van der Waals surface area contributed by atoms with Gasteiger partial charge in [-0.15, -0.1) is 22.6 Å². The van der Waals surface area contributed by atoms with Crippen molar-refractivity contribution in [1.29, 1.82) is 0 Å². The first kappa shape index (κ1) is 21.3. The fourth-order valence-corrected chi connectivity index (χ4v) is 2.58. The highest BCUT2D eigenvalue weighted by molar-refractivity contribution is 5.96. The van der Waals surface area contributed by atoms with Gasteiger partial charge in [-0.2, -0.15) is 0 Å². The first-order valence-electron chi connectivity index (χ1n) is 8.59. The number of phenols is 1. The van der Waals surface area contributed by atoms with Crippen LogP contribution in [0.2, 0.25) is 0 Å². The van der Waals surface area contributed by atoms with E-state index in [-0.39, 0.29) is 18.2 Å². The number of rotatable bonds is 6. The Labute approximate surface area is 169 Å². The van der Waals surface area contributed by atoms with Gasteiger partial charge in [-0.25, -0.2) is 4.79 Å². The van der Waals surface area contributed by atoms with Crippen molar-refractivity contribution in [3.05, 3.63) is 66.2 Å². The van der Waals surface area contributed by atoms with Crippen LogP contribution >= 0.6 is 12.4 Å². The van der Waals surface area contributed by atoms with E-state index in [1.807, 2.05) is 49.3 Å². The number of halogens is 1. The highest BCUT2D eigenvalue weighted by atomic mass is 35.5. The van der Waals surface area contributed by atoms with Gasteiger partial charge in [0.1, 0.15) is 23.7 Å². The second kappa shape index (κ2) is 9.82. The number of phenolic OH excluding ortho intramolecular Hbond substituents is 1. The van der Waals surface area contributed by atoms with Crippen molar-refractivity contribution in [2.45, 2.75) is 0 Å². The summed E-state index contributed by atoms with van der Waals surface area (Å²) in [5.74, 6) is -0.419. The molecule has 28 heavy (non-hydrogen) atoms. The predicted octanol–water partition coefficient (Wildman–Crippen LogP) is 5.10. The van der Waals surface area contributed by atoms with Gasteiger partial charge in [-0.3, -0.25) is 0 Å². The lowest BCUT2D eigenvalue weighted by molar-refractivity contribution is 0.0483. The van der Waals surface area contributed by atoms with E-state index in [4.69, 9.17) is 4.74 Å². The maximum absolute atomic E-state index is 12.3. The smallest absolute Gasteiger partial charge is 0.340 e. The van der Waals surface area contributed by atoms with E-state index in [1.165, 1.54) is 0 Å². The third-order valence-corrected chi connectivity index (χ3v) is 4.03. The number of fused-ring (bicyclic) bond motifs is 1. The lowest BCUT2D eigenvalue weighted by Crippen LogP contribution is -2.20. The number of nitrogens with zero attached hydrogens (tertiary/aromatic N) is 3. The molecule has 1 N–H and O–H groups in total. The zero-order valence-electron chi connectivity index (χ0n) is 15.7. The van der Waals surface area contributed by atoms with E-state index in [2.05, 4.69) is 10.2 Å². The maximum Gasteiger partial charge on any atom is 0.340 e. The summed E-state index contributed by atoms with van der Waals surface area (Å²) in [5, 5.41) is 20.3. The molecule has 146 valence electrons. The molecular weight excluding hydrogens is 378 g/mol. The van der Waals surface area contributed by atoms with Gasteiger partial charge in [0, 0.05) is 11.9 Å². The van der Waals surface area contributed by atoms with Crippen LogP contribution < -0.4 is 0 Å². The predicted molar refractivity (Wildman–Crippen MR) is 112 cm³/mol. The van der Waals surface area contributed by atoms with Crippen LogP contribution in [0.25, 0.3) is 10.8 Å². The fraction of sp³-hybridized carbons (Fsp3) is 0.190. The van der Waals surface area contributed by atoms with Crippen molar-refractivity contribution in [2.75, 3.05) is 27.2 Å². The zero-order valence-corrected chi connectivity index (χ0v) is 16.5. The third kappa shape index (κ3) is 5.06. The summed E-state index contributed by atoms with van der Waals surface area (Å²) >= 11 is 0. The molecule has 0 fully saturated rings. The highest BCUT2D eigenvalue weighted by Gasteiger charge is 2.13. The summed E-state index contributed by atoms with van der Waals surface area (Å²) in [5.41, 5.74) is 1.09. The summed E-state index contributed by atoms with van der Waals surface area (Å²) in [4.78, 5) is 14.3. The third-order valence-electron chi connectivity index (χ3n) is 4.03. The van der Waals surface area contributed by atoms with Gasteiger partial charge >= 0.3 is 5.97 Å². The van der Waals surface area contributed by atoms with Gasteiger partial charge < -0.3 is 14.7 Å². The van der Waals surface area contributed by atoms with Crippen molar-refractivity contribution < 1.29 is 14.6 Å². The molecule has 0 amide bonds. The summed E-state index contributed by atoms with van der Waals surface area (Å²) < 4.78 is 5.29. The Morgan fingerprint density at radius 2 is 1.71 bits per heavy atom. The van der Waals surface area contributed by atoms with Crippen LogP contribution in [0.1, 0.15) is 10.4 Å². The lowest BCUT2D eigenvalue weighted by atomic mass is 10.1. The molecule has 0 saturated heterocycles. The van der Waals surface area contributed by atoms with E-state index in [0.717, 1.165) is 10.8 Å².